The molecule has 6 nitrogen and oxygen atoms in total. The summed E-state index contributed by atoms with van der Waals surface area (Å²) in [5.41, 5.74) is 3.57. The van der Waals surface area contributed by atoms with Crippen LogP contribution in [0.3, 0.4) is 0 Å². The average Bonchev–Trinajstić information content (AvgIpc) is 3.06. The molecule has 0 bridgehead atoms. The Hall–Kier alpha value is -2.60. The summed E-state index contributed by atoms with van der Waals surface area (Å²) < 4.78 is 0. The number of hydrogen-bond acceptors (Lipinski definition) is 4. The minimum absolute atomic E-state index is 0.200. The number of H-pyrrole nitrogens is 2. The highest BCUT2D eigenvalue weighted by molar-refractivity contribution is 6.28. The molecule has 104 valence electrons. The fraction of sp³-hybridized carbons (Fsp3) is 0.0714. The first-order valence-electron chi connectivity index (χ1n) is 6.43. The van der Waals surface area contributed by atoms with Gasteiger partial charge in [0.2, 0.25) is 5.28 Å². The van der Waals surface area contributed by atoms with Gasteiger partial charge in [0, 0.05) is 17.3 Å². The molecule has 4 aromatic rings. The standard InChI is InChI=1S/C14H11ClN6/c1-7-9-3-2-8(6-11(9)21-20-7)17-13-10-4-5-16-12(10)18-14(15)19-13/h2-6H,1H3,(H,20,21)(H2,16,17,18,19). The molecule has 0 aliphatic heterocycles. The van der Waals surface area contributed by atoms with Crippen LogP contribution in [-0.4, -0.2) is 25.1 Å². The number of fused-ring (bicyclic) bond motifs is 2. The van der Waals surface area contributed by atoms with E-state index >= 15 is 0 Å². The molecule has 0 fully saturated rings. The summed E-state index contributed by atoms with van der Waals surface area (Å²) in [6.07, 6.45) is 1.81. The molecule has 0 spiro atoms. The quantitative estimate of drug-likeness (QED) is 0.494. The van der Waals surface area contributed by atoms with E-state index in [1.807, 2.05) is 37.4 Å². The van der Waals surface area contributed by atoms with E-state index in [1.165, 1.54) is 0 Å². The summed E-state index contributed by atoms with van der Waals surface area (Å²) in [5.74, 6) is 0.668. The number of anilines is 2. The zero-order valence-corrected chi connectivity index (χ0v) is 11.9. The Bertz CT molecular complexity index is 955. The van der Waals surface area contributed by atoms with Crippen LogP contribution in [0.1, 0.15) is 5.69 Å². The van der Waals surface area contributed by atoms with E-state index < -0.39 is 0 Å². The van der Waals surface area contributed by atoms with Crippen molar-refractivity contribution in [1.29, 1.82) is 0 Å². The number of hydrogen-bond donors (Lipinski definition) is 3. The summed E-state index contributed by atoms with van der Waals surface area (Å²) in [7, 11) is 0. The van der Waals surface area contributed by atoms with Crippen LogP contribution in [0.4, 0.5) is 11.5 Å². The van der Waals surface area contributed by atoms with Crippen LogP contribution in [-0.2, 0) is 0 Å². The molecule has 3 aromatic heterocycles. The Labute approximate surface area is 124 Å². The summed E-state index contributed by atoms with van der Waals surface area (Å²) in [4.78, 5) is 11.4. The monoisotopic (exact) mass is 298 g/mol. The van der Waals surface area contributed by atoms with Crippen LogP contribution >= 0.6 is 11.6 Å². The lowest BCUT2D eigenvalue weighted by Gasteiger charge is -2.07. The van der Waals surface area contributed by atoms with Gasteiger partial charge in [0.1, 0.15) is 11.5 Å². The number of halogens is 1. The van der Waals surface area contributed by atoms with E-state index in [2.05, 4.69) is 30.5 Å². The maximum Gasteiger partial charge on any atom is 0.226 e. The van der Waals surface area contributed by atoms with E-state index in [4.69, 9.17) is 11.6 Å². The highest BCUT2D eigenvalue weighted by atomic mass is 35.5. The first-order valence-corrected chi connectivity index (χ1v) is 6.81. The van der Waals surface area contributed by atoms with E-state index in [-0.39, 0.29) is 5.28 Å². The maximum atomic E-state index is 5.95. The Kier molecular flexibility index (Phi) is 2.58. The summed E-state index contributed by atoms with van der Waals surface area (Å²) >= 11 is 5.95. The minimum Gasteiger partial charge on any atom is -0.346 e. The molecule has 0 aliphatic carbocycles. The van der Waals surface area contributed by atoms with Crippen molar-refractivity contribution in [3.05, 3.63) is 41.4 Å². The number of rotatable bonds is 2. The molecule has 0 aliphatic rings. The van der Waals surface area contributed by atoms with Crippen molar-refractivity contribution in [2.75, 3.05) is 5.32 Å². The van der Waals surface area contributed by atoms with E-state index in [1.54, 1.807) is 0 Å². The van der Waals surface area contributed by atoms with E-state index in [0.717, 1.165) is 27.7 Å². The number of benzene rings is 1. The van der Waals surface area contributed by atoms with Crippen LogP contribution in [0.2, 0.25) is 5.28 Å². The molecule has 21 heavy (non-hydrogen) atoms. The third-order valence-electron chi connectivity index (χ3n) is 3.40. The van der Waals surface area contributed by atoms with Crippen molar-refractivity contribution in [1.82, 2.24) is 25.1 Å². The van der Waals surface area contributed by atoms with E-state index in [0.29, 0.717) is 11.5 Å². The molecule has 7 heteroatoms. The van der Waals surface area contributed by atoms with Gasteiger partial charge in [0.05, 0.1) is 16.6 Å². The Morgan fingerprint density at radius 2 is 2.05 bits per heavy atom. The van der Waals surface area contributed by atoms with Gasteiger partial charge in [-0.15, -0.1) is 0 Å². The van der Waals surface area contributed by atoms with Gasteiger partial charge in [-0.05, 0) is 42.8 Å². The topological polar surface area (TPSA) is 82.3 Å². The van der Waals surface area contributed by atoms with Gasteiger partial charge in [-0.3, -0.25) is 5.10 Å². The predicted molar refractivity (Wildman–Crippen MR) is 83.0 cm³/mol. The van der Waals surface area contributed by atoms with Crippen LogP contribution in [0.25, 0.3) is 21.9 Å². The minimum atomic E-state index is 0.200. The van der Waals surface area contributed by atoms with Gasteiger partial charge in [-0.2, -0.15) is 15.1 Å². The van der Waals surface area contributed by atoms with Gasteiger partial charge in [0.25, 0.3) is 0 Å². The lowest BCUT2D eigenvalue weighted by atomic mass is 10.2. The normalized spacial score (nSPS) is 11.3. The maximum absolute atomic E-state index is 5.95. The molecular formula is C14H11ClN6. The van der Waals surface area contributed by atoms with Crippen LogP contribution in [0.5, 0.6) is 0 Å². The van der Waals surface area contributed by atoms with Crippen LogP contribution < -0.4 is 5.32 Å². The highest BCUT2D eigenvalue weighted by Gasteiger charge is 2.09. The molecule has 3 heterocycles. The first kappa shape index (κ1) is 12.2. The number of aromatic amines is 2. The second-order valence-corrected chi connectivity index (χ2v) is 5.11. The molecule has 1 aromatic carbocycles. The second kappa shape index (κ2) is 4.46. The molecule has 0 amide bonds. The fourth-order valence-electron chi connectivity index (χ4n) is 2.38. The second-order valence-electron chi connectivity index (χ2n) is 4.78. The highest BCUT2D eigenvalue weighted by Crippen LogP contribution is 2.26. The van der Waals surface area contributed by atoms with Crippen molar-refractivity contribution >= 4 is 45.0 Å². The third-order valence-corrected chi connectivity index (χ3v) is 3.57. The van der Waals surface area contributed by atoms with Crippen molar-refractivity contribution in [3.8, 4) is 0 Å². The molecule has 0 radical (unpaired) electrons. The molecule has 3 N–H and O–H groups in total. The number of nitrogens with zero attached hydrogens (tertiary/aromatic N) is 3. The van der Waals surface area contributed by atoms with Gasteiger partial charge in [-0.25, -0.2) is 0 Å². The molecule has 4 rings (SSSR count). The Morgan fingerprint density at radius 1 is 1.14 bits per heavy atom. The number of nitrogens with one attached hydrogen (secondary N) is 3. The van der Waals surface area contributed by atoms with Gasteiger partial charge >= 0.3 is 0 Å². The summed E-state index contributed by atoms with van der Waals surface area (Å²) in [5, 5.41) is 12.7. The van der Waals surface area contributed by atoms with E-state index in [9.17, 15) is 0 Å². The summed E-state index contributed by atoms with van der Waals surface area (Å²) in [6, 6.07) is 7.91. The Morgan fingerprint density at radius 3 is 2.95 bits per heavy atom. The van der Waals surface area contributed by atoms with Crippen LogP contribution in [0.15, 0.2) is 30.5 Å². The molecule has 0 saturated carbocycles. The fourth-order valence-corrected chi connectivity index (χ4v) is 2.55. The summed E-state index contributed by atoms with van der Waals surface area (Å²) in [6.45, 7) is 1.97. The van der Waals surface area contributed by atoms with Crippen molar-refractivity contribution in [3.63, 3.8) is 0 Å². The van der Waals surface area contributed by atoms with Crippen molar-refractivity contribution in [2.24, 2.45) is 0 Å². The molecular weight excluding hydrogens is 288 g/mol. The SMILES string of the molecule is Cc1n[nH]c2cc(Nc3nc(Cl)nc4[nH]ccc34)ccc12. The molecule has 0 saturated heterocycles. The number of aryl methyl sites for hydroxylation is 1. The Balaban J connectivity index is 1.80. The van der Waals surface area contributed by atoms with Gasteiger partial charge in [0.15, 0.2) is 0 Å². The largest absolute Gasteiger partial charge is 0.346 e. The lowest BCUT2D eigenvalue weighted by molar-refractivity contribution is 1.07. The first-order chi connectivity index (χ1) is 10.2. The molecule has 0 unspecified atom stereocenters. The van der Waals surface area contributed by atoms with Crippen LogP contribution in [0, 0.1) is 6.92 Å². The van der Waals surface area contributed by atoms with Gasteiger partial charge in [-0.1, -0.05) is 0 Å². The van der Waals surface area contributed by atoms with Crippen molar-refractivity contribution < 1.29 is 0 Å². The average molecular weight is 299 g/mol. The van der Waals surface area contributed by atoms with Crippen molar-refractivity contribution in [2.45, 2.75) is 6.92 Å². The third kappa shape index (κ3) is 2.00. The number of aromatic nitrogens is 5. The predicted octanol–water partition coefficient (Wildman–Crippen LogP) is 3.54. The zero-order chi connectivity index (χ0) is 14.4. The zero-order valence-electron chi connectivity index (χ0n) is 11.1. The molecule has 0 atom stereocenters. The lowest BCUT2D eigenvalue weighted by Crippen LogP contribution is -1.96. The van der Waals surface area contributed by atoms with Gasteiger partial charge < -0.3 is 10.3 Å². The smallest absolute Gasteiger partial charge is 0.226 e.